The van der Waals surface area contributed by atoms with Crippen molar-refractivity contribution in [2.75, 3.05) is 26.9 Å². The van der Waals surface area contributed by atoms with E-state index < -0.39 is 0 Å². The molecule has 1 aromatic carbocycles. The van der Waals surface area contributed by atoms with Crippen LogP contribution in [0, 0.1) is 0 Å². The van der Waals surface area contributed by atoms with Gasteiger partial charge in [0, 0.05) is 12.6 Å². The molecule has 0 atom stereocenters. The first-order valence-corrected chi connectivity index (χ1v) is 6.47. The molecule has 0 aliphatic carbocycles. The Morgan fingerprint density at radius 1 is 1.26 bits per heavy atom. The summed E-state index contributed by atoms with van der Waals surface area (Å²) in [5.41, 5.74) is 1.06. The zero-order valence-electron chi connectivity index (χ0n) is 11.9. The minimum Gasteiger partial charge on any atom is -0.462 e. The maximum Gasteiger partial charge on any atom is 0.332 e. The molecular formula is C15H23NO3. The second-order valence-corrected chi connectivity index (χ2v) is 5.14. The van der Waals surface area contributed by atoms with Crippen LogP contribution in [0.15, 0.2) is 30.3 Å². The first kappa shape index (κ1) is 15.7. The number of carbonyl (C=O) groups excluding carboxylic acids is 1. The van der Waals surface area contributed by atoms with Crippen molar-refractivity contribution >= 4 is 5.97 Å². The summed E-state index contributed by atoms with van der Waals surface area (Å²) >= 11 is 0. The summed E-state index contributed by atoms with van der Waals surface area (Å²) in [6.07, 6.45) is 0.955. The Hall–Kier alpha value is -1.39. The summed E-state index contributed by atoms with van der Waals surface area (Å²) in [7, 11) is 1.48. The Kier molecular flexibility index (Phi) is 6.53. The number of ether oxygens (including phenoxy) is 2. The second-order valence-electron chi connectivity index (χ2n) is 5.14. The third kappa shape index (κ3) is 6.94. The lowest BCUT2D eigenvalue weighted by Gasteiger charge is -2.25. The van der Waals surface area contributed by atoms with Gasteiger partial charge in [0.05, 0.1) is 0 Å². The molecule has 0 spiro atoms. The summed E-state index contributed by atoms with van der Waals surface area (Å²) in [4.78, 5) is 11.2. The Morgan fingerprint density at radius 3 is 2.58 bits per heavy atom. The Labute approximate surface area is 115 Å². The van der Waals surface area contributed by atoms with Crippen LogP contribution in [0.5, 0.6) is 0 Å². The molecule has 0 fully saturated rings. The maximum absolute atomic E-state index is 11.2. The fraction of sp³-hybridized carbons (Fsp3) is 0.533. The molecule has 0 bridgehead atoms. The molecule has 0 radical (unpaired) electrons. The van der Waals surface area contributed by atoms with Gasteiger partial charge in [-0.3, -0.25) is 0 Å². The van der Waals surface area contributed by atoms with E-state index in [-0.39, 0.29) is 18.1 Å². The fourth-order valence-electron chi connectivity index (χ4n) is 1.66. The maximum atomic E-state index is 11.2. The Balaban J connectivity index is 2.24. The minimum atomic E-state index is -0.333. The molecule has 1 rings (SSSR count). The first-order chi connectivity index (χ1) is 9.03. The summed E-state index contributed by atoms with van der Waals surface area (Å²) in [5.74, 6) is -0.333. The van der Waals surface area contributed by atoms with E-state index in [0.29, 0.717) is 6.61 Å². The van der Waals surface area contributed by atoms with Gasteiger partial charge >= 0.3 is 5.97 Å². The predicted octanol–water partition coefficient (Wildman–Crippen LogP) is 1.79. The lowest BCUT2D eigenvalue weighted by molar-refractivity contribution is -0.149. The topological polar surface area (TPSA) is 47.6 Å². The summed E-state index contributed by atoms with van der Waals surface area (Å²) in [5, 5.41) is 3.39. The normalized spacial score (nSPS) is 11.3. The molecule has 4 heteroatoms. The highest BCUT2D eigenvalue weighted by Crippen LogP contribution is 2.04. The molecule has 0 heterocycles. The highest BCUT2D eigenvalue weighted by molar-refractivity contribution is 5.70. The Morgan fingerprint density at radius 2 is 1.95 bits per heavy atom. The zero-order chi connectivity index (χ0) is 14.1. The minimum absolute atomic E-state index is 0.0000946. The molecular weight excluding hydrogens is 242 g/mol. The monoisotopic (exact) mass is 265 g/mol. The van der Waals surface area contributed by atoms with E-state index >= 15 is 0 Å². The van der Waals surface area contributed by atoms with Crippen molar-refractivity contribution in [1.29, 1.82) is 0 Å². The quantitative estimate of drug-likeness (QED) is 0.728. The number of nitrogens with one attached hydrogen (secondary N) is 1. The lowest BCUT2D eigenvalue weighted by atomic mass is 10.1. The largest absolute Gasteiger partial charge is 0.462 e. The summed E-state index contributed by atoms with van der Waals surface area (Å²) in [6.45, 7) is 5.21. The van der Waals surface area contributed by atoms with Gasteiger partial charge < -0.3 is 14.8 Å². The molecule has 0 saturated heterocycles. The van der Waals surface area contributed by atoms with Crippen LogP contribution in [0.3, 0.4) is 0 Å². The molecule has 0 aliphatic rings. The molecule has 1 aromatic rings. The molecule has 0 unspecified atom stereocenters. The number of rotatable bonds is 8. The van der Waals surface area contributed by atoms with Crippen LogP contribution < -0.4 is 5.32 Å². The second kappa shape index (κ2) is 7.92. The molecule has 0 aromatic heterocycles. The number of carbonyl (C=O) groups is 1. The number of hydrogen-bond acceptors (Lipinski definition) is 4. The number of benzene rings is 1. The summed E-state index contributed by atoms with van der Waals surface area (Å²) < 4.78 is 9.84. The number of esters is 1. The molecule has 0 saturated carbocycles. The average molecular weight is 265 g/mol. The van der Waals surface area contributed by atoms with Crippen molar-refractivity contribution in [1.82, 2.24) is 5.32 Å². The van der Waals surface area contributed by atoms with Crippen molar-refractivity contribution in [2.45, 2.75) is 25.8 Å². The van der Waals surface area contributed by atoms with Crippen molar-refractivity contribution in [3.8, 4) is 0 Å². The average Bonchev–Trinajstić information content (AvgIpc) is 2.38. The van der Waals surface area contributed by atoms with Crippen LogP contribution in [0.1, 0.15) is 19.4 Å². The van der Waals surface area contributed by atoms with E-state index in [1.165, 1.54) is 12.7 Å². The smallest absolute Gasteiger partial charge is 0.332 e. The molecule has 0 aliphatic heterocycles. The molecule has 0 amide bonds. The van der Waals surface area contributed by atoms with E-state index in [4.69, 9.17) is 9.47 Å². The van der Waals surface area contributed by atoms with Gasteiger partial charge in [-0.2, -0.15) is 0 Å². The van der Waals surface area contributed by atoms with Gasteiger partial charge in [-0.25, -0.2) is 4.79 Å². The van der Waals surface area contributed by atoms with E-state index in [9.17, 15) is 4.79 Å². The highest BCUT2D eigenvalue weighted by Gasteiger charge is 2.19. The van der Waals surface area contributed by atoms with Crippen LogP contribution in [0.4, 0.5) is 0 Å². The fourth-order valence-corrected chi connectivity index (χ4v) is 1.66. The van der Waals surface area contributed by atoms with Crippen LogP contribution in [0.25, 0.3) is 0 Å². The molecule has 4 nitrogen and oxygen atoms in total. The van der Waals surface area contributed by atoms with E-state index in [1.54, 1.807) is 0 Å². The van der Waals surface area contributed by atoms with Crippen LogP contribution in [-0.4, -0.2) is 38.4 Å². The van der Waals surface area contributed by atoms with Gasteiger partial charge in [0.1, 0.15) is 13.2 Å². The lowest BCUT2D eigenvalue weighted by Crippen LogP contribution is -2.45. The van der Waals surface area contributed by atoms with Gasteiger partial charge in [-0.05, 0) is 32.4 Å². The van der Waals surface area contributed by atoms with Crippen LogP contribution in [0.2, 0.25) is 0 Å². The molecule has 106 valence electrons. The van der Waals surface area contributed by atoms with E-state index in [0.717, 1.165) is 13.0 Å². The third-order valence-corrected chi connectivity index (χ3v) is 2.72. The third-order valence-electron chi connectivity index (χ3n) is 2.72. The molecule has 19 heavy (non-hydrogen) atoms. The number of methoxy groups -OCH3 is 1. The van der Waals surface area contributed by atoms with Crippen molar-refractivity contribution in [3.05, 3.63) is 35.9 Å². The van der Waals surface area contributed by atoms with Crippen LogP contribution >= 0.6 is 0 Å². The summed E-state index contributed by atoms with van der Waals surface area (Å²) in [6, 6.07) is 10.3. The van der Waals surface area contributed by atoms with E-state index in [1.807, 2.05) is 32.0 Å². The number of hydrogen-bond donors (Lipinski definition) is 1. The first-order valence-electron chi connectivity index (χ1n) is 6.47. The van der Waals surface area contributed by atoms with Crippen LogP contribution in [-0.2, 0) is 20.7 Å². The van der Waals surface area contributed by atoms with Gasteiger partial charge in [0.2, 0.25) is 0 Å². The van der Waals surface area contributed by atoms with Gasteiger partial charge in [0.15, 0.2) is 0 Å². The van der Waals surface area contributed by atoms with Gasteiger partial charge in [0.25, 0.3) is 0 Å². The van der Waals surface area contributed by atoms with Crippen molar-refractivity contribution in [3.63, 3.8) is 0 Å². The SMILES string of the molecule is COCC(=O)OCC(C)(C)NCCc1ccccc1. The van der Waals surface area contributed by atoms with Gasteiger partial charge in [-0.1, -0.05) is 30.3 Å². The Bertz CT molecular complexity index is 376. The van der Waals surface area contributed by atoms with Crippen molar-refractivity contribution in [2.24, 2.45) is 0 Å². The van der Waals surface area contributed by atoms with Crippen molar-refractivity contribution < 1.29 is 14.3 Å². The highest BCUT2D eigenvalue weighted by atomic mass is 16.6. The predicted molar refractivity (Wildman–Crippen MR) is 75.1 cm³/mol. The van der Waals surface area contributed by atoms with E-state index in [2.05, 4.69) is 17.4 Å². The van der Waals surface area contributed by atoms with Gasteiger partial charge in [-0.15, -0.1) is 0 Å². The standard InChI is InChI=1S/C15H23NO3/c1-15(2,12-19-14(17)11-18-3)16-10-9-13-7-5-4-6-8-13/h4-8,16H,9-12H2,1-3H3. The zero-order valence-corrected chi connectivity index (χ0v) is 11.9. The molecule has 1 N–H and O–H groups in total.